The Morgan fingerprint density at radius 1 is 1.50 bits per heavy atom. The second-order valence-electron chi connectivity index (χ2n) is 2.88. The van der Waals surface area contributed by atoms with Gasteiger partial charge in [0.1, 0.15) is 0 Å². The van der Waals surface area contributed by atoms with Crippen LogP contribution >= 0.6 is 27.5 Å². The van der Waals surface area contributed by atoms with Crippen molar-refractivity contribution in [1.82, 2.24) is 0 Å². The lowest BCUT2D eigenvalue weighted by atomic mass is 10.1. The number of anilines is 1. The van der Waals surface area contributed by atoms with Crippen LogP contribution in [0.3, 0.4) is 0 Å². The predicted octanol–water partition coefficient (Wildman–Crippen LogP) is 3.37. The Bertz CT molecular complexity index is 390. The van der Waals surface area contributed by atoms with E-state index in [0.29, 0.717) is 10.7 Å². The van der Waals surface area contributed by atoms with Gasteiger partial charge < -0.3 is 5.73 Å². The quantitative estimate of drug-likeness (QED) is 0.473. The van der Waals surface area contributed by atoms with Crippen LogP contribution in [0.15, 0.2) is 12.1 Å². The molecule has 0 fully saturated rings. The lowest BCUT2D eigenvalue weighted by Gasteiger charge is -2.03. The molecule has 1 aromatic rings. The van der Waals surface area contributed by atoms with E-state index in [1.165, 1.54) is 0 Å². The molecular weight excluding hydrogens is 261 g/mol. The molecule has 0 spiro atoms. The number of hydrogen-bond donors (Lipinski definition) is 1. The molecule has 0 atom stereocenters. The van der Waals surface area contributed by atoms with Gasteiger partial charge in [-0.05, 0) is 24.6 Å². The van der Waals surface area contributed by atoms with Crippen molar-refractivity contribution in [3.05, 3.63) is 28.3 Å². The maximum atomic E-state index is 6.08. The van der Waals surface area contributed by atoms with Gasteiger partial charge in [0.25, 0.3) is 0 Å². The van der Waals surface area contributed by atoms with Crippen LogP contribution in [0.5, 0.6) is 0 Å². The van der Waals surface area contributed by atoms with E-state index in [9.17, 15) is 0 Å². The van der Waals surface area contributed by atoms with Gasteiger partial charge in [-0.2, -0.15) is 0 Å². The SMILES string of the molecule is Cc1c(N)ccc(C#CCCBr)c1Cl. The molecule has 0 aliphatic carbocycles. The maximum Gasteiger partial charge on any atom is 0.0612 e. The van der Waals surface area contributed by atoms with E-state index in [0.717, 1.165) is 22.9 Å². The van der Waals surface area contributed by atoms with Gasteiger partial charge in [0.2, 0.25) is 0 Å². The molecule has 0 saturated heterocycles. The van der Waals surface area contributed by atoms with E-state index in [1.54, 1.807) is 0 Å². The molecule has 14 heavy (non-hydrogen) atoms. The molecule has 0 aromatic heterocycles. The summed E-state index contributed by atoms with van der Waals surface area (Å²) >= 11 is 9.40. The van der Waals surface area contributed by atoms with Gasteiger partial charge in [-0.3, -0.25) is 0 Å². The third kappa shape index (κ3) is 2.67. The highest BCUT2D eigenvalue weighted by molar-refractivity contribution is 9.09. The lowest BCUT2D eigenvalue weighted by Crippen LogP contribution is -1.91. The largest absolute Gasteiger partial charge is 0.398 e. The Morgan fingerprint density at radius 2 is 2.21 bits per heavy atom. The van der Waals surface area contributed by atoms with Crippen molar-refractivity contribution in [2.24, 2.45) is 0 Å². The van der Waals surface area contributed by atoms with Crippen LogP contribution in [-0.4, -0.2) is 5.33 Å². The average Bonchev–Trinajstić information content (AvgIpc) is 2.18. The summed E-state index contributed by atoms with van der Waals surface area (Å²) in [7, 11) is 0. The minimum atomic E-state index is 0.659. The second-order valence-corrected chi connectivity index (χ2v) is 4.05. The Balaban J connectivity index is 3.02. The van der Waals surface area contributed by atoms with Crippen molar-refractivity contribution in [1.29, 1.82) is 0 Å². The molecule has 0 unspecified atom stereocenters. The molecule has 0 aliphatic heterocycles. The van der Waals surface area contributed by atoms with Gasteiger partial charge in [-0.15, -0.1) is 0 Å². The Labute approximate surface area is 97.8 Å². The zero-order valence-electron chi connectivity index (χ0n) is 7.90. The fraction of sp³-hybridized carbons (Fsp3) is 0.273. The summed E-state index contributed by atoms with van der Waals surface area (Å²) in [6, 6.07) is 3.69. The van der Waals surface area contributed by atoms with Gasteiger partial charge in [-0.25, -0.2) is 0 Å². The van der Waals surface area contributed by atoms with Gasteiger partial charge in [0.05, 0.1) is 5.02 Å². The first-order valence-corrected chi connectivity index (χ1v) is 5.76. The second kappa shape index (κ2) is 5.29. The summed E-state index contributed by atoms with van der Waals surface area (Å²) in [6.07, 6.45) is 0.819. The van der Waals surface area contributed by atoms with Crippen molar-refractivity contribution >= 4 is 33.2 Å². The van der Waals surface area contributed by atoms with Crippen LogP contribution in [0.1, 0.15) is 17.5 Å². The number of hydrogen-bond acceptors (Lipinski definition) is 1. The molecule has 0 aliphatic rings. The van der Waals surface area contributed by atoms with E-state index in [2.05, 4.69) is 27.8 Å². The zero-order chi connectivity index (χ0) is 10.6. The highest BCUT2D eigenvalue weighted by Gasteiger charge is 2.03. The van der Waals surface area contributed by atoms with E-state index < -0.39 is 0 Å². The molecule has 0 heterocycles. The molecule has 0 saturated carbocycles. The van der Waals surface area contributed by atoms with Crippen LogP contribution in [-0.2, 0) is 0 Å². The molecule has 2 N–H and O–H groups in total. The van der Waals surface area contributed by atoms with Crippen LogP contribution < -0.4 is 5.73 Å². The zero-order valence-corrected chi connectivity index (χ0v) is 10.2. The molecule has 0 amide bonds. The van der Waals surface area contributed by atoms with E-state index in [-0.39, 0.29) is 0 Å². The molecule has 0 radical (unpaired) electrons. The predicted molar refractivity (Wildman–Crippen MR) is 65.9 cm³/mol. The molecule has 74 valence electrons. The highest BCUT2D eigenvalue weighted by Crippen LogP contribution is 2.24. The summed E-state index contributed by atoms with van der Waals surface area (Å²) in [5.41, 5.74) is 8.16. The van der Waals surface area contributed by atoms with Crippen molar-refractivity contribution in [2.75, 3.05) is 11.1 Å². The van der Waals surface area contributed by atoms with Gasteiger partial charge in [0, 0.05) is 23.0 Å². The third-order valence-electron chi connectivity index (χ3n) is 1.87. The van der Waals surface area contributed by atoms with Gasteiger partial charge >= 0.3 is 0 Å². The fourth-order valence-corrected chi connectivity index (χ4v) is 1.42. The molecule has 1 aromatic carbocycles. The average molecular weight is 273 g/mol. The number of halogens is 2. The summed E-state index contributed by atoms with van der Waals surface area (Å²) in [5, 5.41) is 1.54. The number of nitrogen functional groups attached to an aromatic ring is 1. The van der Waals surface area contributed by atoms with Crippen LogP contribution in [0.25, 0.3) is 0 Å². The molecule has 3 heteroatoms. The number of alkyl halides is 1. The molecule has 1 nitrogen and oxygen atoms in total. The van der Waals surface area contributed by atoms with E-state index >= 15 is 0 Å². The Kier molecular flexibility index (Phi) is 4.31. The Hall–Kier alpha value is -0.650. The Morgan fingerprint density at radius 3 is 2.86 bits per heavy atom. The monoisotopic (exact) mass is 271 g/mol. The van der Waals surface area contributed by atoms with E-state index in [4.69, 9.17) is 17.3 Å². The minimum absolute atomic E-state index is 0.659. The van der Waals surface area contributed by atoms with Crippen molar-refractivity contribution in [3.8, 4) is 11.8 Å². The first-order valence-electron chi connectivity index (χ1n) is 4.26. The fourth-order valence-electron chi connectivity index (χ4n) is 1.00. The number of nitrogens with two attached hydrogens (primary N) is 1. The van der Waals surface area contributed by atoms with Crippen LogP contribution in [0.2, 0.25) is 5.02 Å². The minimum Gasteiger partial charge on any atom is -0.398 e. The van der Waals surface area contributed by atoms with Crippen LogP contribution in [0, 0.1) is 18.8 Å². The maximum absolute atomic E-state index is 6.08. The molecule has 0 bridgehead atoms. The molecular formula is C11H11BrClN. The first kappa shape index (κ1) is 11.4. The van der Waals surface area contributed by atoms with E-state index in [1.807, 2.05) is 19.1 Å². The summed E-state index contributed by atoms with van der Waals surface area (Å²) in [4.78, 5) is 0. The smallest absolute Gasteiger partial charge is 0.0612 e. The van der Waals surface area contributed by atoms with Gasteiger partial charge in [0.15, 0.2) is 0 Å². The normalized spacial score (nSPS) is 9.36. The van der Waals surface area contributed by atoms with Crippen molar-refractivity contribution in [3.63, 3.8) is 0 Å². The number of benzene rings is 1. The first-order chi connectivity index (χ1) is 6.66. The van der Waals surface area contributed by atoms with Crippen molar-refractivity contribution < 1.29 is 0 Å². The summed E-state index contributed by atoms with van der Waals surface area (Å²) in [5.74, 6) is 6.03. The third-order valence-corrected chi connectivity index (χ3v) is 2.75. The van der Waals surface area contributed by atoms with Crippen molar-refractivity contribution in [2.45, 2.75) is 13.3 Å². The summed E-state index contributed by atoms with van der Waals surface area (Å²) < 4.78 is 0. The topological polar surface area (TPSA) is 26.0 Å². The van der Waals surface area contributed by atoms with Gasteiger partial charge in [-0.1, -0.05) is 39.4 Å². The standard InChI is InChI=1S/C11H11BrClN/c1-8-10(14)6-5-9(11(8)13)4-2-3-7-12/h5-6H,3,7,14H2,1H3. The van der Waals surface area contributed by atoms with Crippen LogP contribution in [0.4, 0.5) is 5.69 Å². The lowest BCUT2D eigenvalue weighted by molar-refractivity contribution is 1.32. The molecule has 1 rings (SSSR count). The number of rotatable bonds is 1. The highest BCUT2D eigenvalue weighted by atomic mass is 79.9. The summed E-state index contributed by atoms with van der Waals surface area (Å²) in [6.45, 7) is 1.90.